The molecule has 0 unspecified atom stereocenters. The standard InChI is InChI=1S/C10H12F2O2Si/c1-15(2,3)14-7-4-9(11)8(6-13)10(12)5-7/h4-6H,1-3H3. The molecule has 0 amide bonds. The van der Waals surface area contributed by atoms with Gasteiger partial charge in [-0.1, -0.05) is 0 Å². The van der Waals surface area contributed by atoms with E-state index in [2.05, 4.69) is 0 Å². The van der Waals surface area contributed by atoms with E-state index in [-0.39, 0.29) is 12.0 Å². The van der Waals surface area contributed by atoms with Crippen LogP contribution in [-0.4, -0.2) is 14.6 Å². The summed E-state index contributed by atoms with van der Waals surface area (Å²) in [5.74, 6) is -1.65. The van der Waals surface area contributed by atoms with Crippen molar-refractivity contribution >= 4 is 14.6 Å². The number of hydrogen-bond acceptors (Lipinski definition) is 2. The lowest BCUT2D eigenvalue weighted by Gasteiger charge is -2.19. The second kappa shape index (κ2) is 4.10. The first-order valence-electron chi connectivity index (χ1n) is 4.47. The second-order valence-corrected chi connectivity index (χ2v) is 8.56. The molecule has 0 atom stereocenters. The van der Waals surface area contributed by atoms with E-state index in [0.717, 1.165) is 12.1 Å². The highest BCUT2D eigenvalue weighted by Crippen LogP contribution is 2.22. The van der Waals surface area contributed by atoms with Crippen molar-refractivity contribution in [1.82, 2.24) is 0 Å². The van der Waals surface area contributed by atoms with Crippen molar-refractivity contribution in [2.45, 2.75) is 19.6 Å². The molecule has 1 rings (SSSR count). The average molecular weight is 230 g/mol. The van der Waals surface area contributed by atoms with Crippen LogP contribution < -0.4 is 4.43 Å². The van der Waals surface area contributed by atoms with Gasteiger partial charge in [-0.2, -0.15) is 0 Å². The summed E-state index contributed by atoms with van der Waals surface area (Å²) >= 11 is 0. The summed E-state index contributed by atoms with van der Waals surface area (Å²) in [5.41, 5.74) is -0.557. The second-order valence-electron chi connectivity index (χ2n) is 4.13. The Morgan fingerprint density at radius 3 is 2.00 bits per heavy atom. The molecule has 0 aliphatic carbocycles. The summed E-state index contributed by atoms with van der Waals surface area (Å²) in [6.07, 6.45) is 0.156. The Morgan fingerprint density at radius 1 is 1.20 bits per heavy atom. The first kappa shape index (κ1) is 11.8. The minimum absolute atomic E-state index is 0.134. The van der Waals surface area contributed by atoms with Crippen LogP contribution in [-0.2, 0) is 0 Å². The van der Waals surface area contributed by atoms with Crippen LogP contribution in [0.1, 0.15) is 10.4 Å². The van der Waals surface area contributed by atoms with Crippen molar-refractivity contribution in [3.8, 4) is 5.75 Å². The molecule has 0 aliphatic heterocycles. The molecule has 5 heteroatoms. The molecular formula is C10H12F2O2Si. The summed E-state index contributed by atoms with van der Waals surface area (Å²) in [6, 6.07) is 2.07. The molecule has 82 valence electrons. The highest BCUT2D eigenvalue weighted by molar-refractivity contribution is 6.70. The van der Waals surface area contributed by atoms with Gasteiger partial charge >= 0.3 is 0 Å². The summed E-state index contributed by atoms with van der Waals surface area (Å²) in [7, 11) is -1.89. The third kappa shape index (κ3) is 3.12. The van der Waals surface area contributed by atoms with E-state index in [1.54, 1.807) is 0 Å². The lowest BCUT2D eigenvalue weighted by Crippen LogP contribution is -2.29. The van der Waals surface area contributed by atoms with E-state index >= 15 is 0 Å². The Balaban J connectivity index is 3.09. The van der Waals surface area contributed by atoms with E-state index in [9.17, 15) is 13.6 Å². The zero-order valence-electron chi connectivity index (χ0n) is 8.80. The summed E-state index contributed by atoms with van der Waals surface area (Å²) in [5, 5.41) is 0. The molecule has 0 spiro atoms. The Morgan fingerprint density at radius 2 is 1.67 bits per heavy atom. The summed E-state index contributed by atoms with van der Waals surface area (Å²) in [4.78, 5) is 10.3. The highest BCUT2D eigenvalue weighted by Gasteiger charge is 2.18. The molecule has 0 saturated heterocycles. The third-order valence-electron chi connectivity index (χ3n) is 1.59. The highest BCUT2D eigenvalue weighted by atomic mass is 28.4. The van der Waals surface area contributed by atoms with Gasteiger partial charge in [-0.3, -0.25) is 4.79 Å². The number of carbonyl (C=O) groups is 1. The quantitative estimate of drug-likeness (QED) is 0.589. The van der Waals surface area contributed by atoms with Gasteiger partial charge in [-0.25, -0.2) is 8.78 Å². The van der Waals surface area contributed by atoms with E-state index < -0.39 is 25.5 Å². The predicted octanol–water partition coefficient (Wildman–Crippen LogP) is 2.99. The van der Waals surface area contributed by atoms with Crippen molar-refractivity contribution in [3.63, 3.8) is 0 Å². The molecular weight excluding hydrogens is 218 g/mol. The molecule has 0 aliphatic rings. The van der Waals surface area contributed by atoms with Crippen molar-refractivity contribution in [2.24, 2.45) is 0 Å². The van der Waals surface area contributed by atoms with Crippen LogP contribution in [0.3, 0.4) is 0 Å². The number of halogens is 2. The zero-order chi connectivity index (χ0) is 11.6. The third-order valence-corrected chi connectivity index (χ3v) is 2.44. The molecule has 1 aromatic carbocycles. The molecule has 0 aromatic heterocycles. The van der Waals surface area contributed by atoms with Crippen molar-refractivity contribution in [3.05, 3.63) is 29.3 Å². The SMILES string of the molecule is C[Si](C)(C)Oc1cc(F)c(C=O)c(F)c1. The van der Waals surface area contributed by atoms with Gasteiger partial charge in [0.25, 0.3) is 0 Å². The van der Waals surface area contributed by atoms with Gasteiger partial charge in [0.05, 0.1) is 5.56 Å². The minimum atomic E-state index is -1.89. The van der Waals surface area contributed by atoms with Gasteiger partial charge in [0.15, 0.2) is 6.29 Å². The fourth-order valence-electron chi connectivity index (χ4n) is 1.09. The first-order chi connectivity index (χ1) is 6.83. The predicted molar refractivity (Wildman–Crippen MR) is 55.7 cm³/mol. The van der Waals surface area contributed by atoms with Gasteiger partial charge in [0, 0.05) is 12.1 Å². The fourth-order valence-corrected chi connectivity index (χ4v) is 1.91. The number of benzene rings is 1. The van der Waals surface area contributed by atoms with Gasteiger partial charge in [-0.05, 0) is 19.6 Å². The maximum atomic E-state index is 13.2. The molecule has 2 nitrogen and oxygen atoms in total. The van der Waals surface area contributed by atoms with Crippen LogP contribution in [0.25, 0.3) is 0 Å². The van der Waals surface area contributed by atoms with Crippen LogP contribution in [0.5, 0.6) is 5.75 Å². The van der Waals surface area contributed by atoms with Crippen LogP contribution in [0, 0.1) is 11.6 Å². The molecule has 0 N–H and O–H groups in total. The van der Waals surface area contributed by atoms with Crippen molar-refractivity contribution < 1.29 is 18.0 Å². The topological polar surface area (TPSA) is 26.3 Å². The van der Waals surface area contributed by atoms with Gasteiger partial charge in [0.2, 0.25) is 8.32 Å². The maximum absolute atomic E-state index is 13.2. The van der Waals surface area contributed by atoms with Gasteiger partial charge in [-0.15, -0.1) is 0 Å². The number of hydrogen-bond donors (Lipinski definition) is 0. The maximum Gasteiger partial charge on any atom is 0.242 e. The van der Waals surface area contributed by atoms with Crippen LogP contribution in [0.4, 0.5) is 8.78 Å². The van der Waals surface area contributed by atoms with Gasteiger partial charge < -0.3 is 4.43 Å². The minimum Gasteiger partial charge on any atom is -0.544 e. The number of aldehydes is 1. The Kier molecular flexibility index (Phi) is 3.24. The normalized spacial score (nSPS) is 11.3. The van der Waals surface area contributed by atoms with Crippen LogP contribution in [0.2, 0.25) is 19.6 Å². The average Bonchev–Trinajstić information content (AvgIpc) is 1.99. The molecule has 0 radical (unpaired) electrons. The van der Waals surface area contributed by atoms with Gasteiger partial charge in [0.1, 0.15) is 17.4 Å². The van der Waals surface area contributed by atoms with Crippen molar-refractivity contribution in [1.29, 1.82) is 0 Å². The summed E-state index contributed by atoms with van der Waals surface area (Å²) < 4.78 is 31.7. The monoisotopic (exact) mass is 230 g/mol. The first-order valence-corrected chi connectivity index (χ1v) is 7.87. The Labute approximate surface area is 88.0 Å². The Bertz CT molecular complexity index is 362. The number of rotatable bonds is 3. The summed E-state index contributed by atoms with van der Waals surface area (Å²) in [6.45, 7) is 5.70. The Hall–Kier alpha value is -1.23. The molecule has 0 heterocycles. The lowest BCUT2D eigenvalue weighted by atomic mass is 10.2. The molecule has 0 fully saturated rings. The van der Waals surface area contributed by atoms with Crippen LogP contribution >= 0.6 is 0 Å². The van der Waals surface area contributed by atoms with Crippen LogP contribution in [0.15, 0.2) is 12.1 Å². The van der Waals surface area contributed by atoms with E-state index in [1.807, 2.05) is 19.6 Å². The molecule has 0 bridgehead atoms. The fraction of sp³-hybridized carbons (Fsp3) is 0.300. The zero-order valence-corrected chi connectivity index (χ0v) is 9.80. The van der Waals surface area contributed by atoms with E-state index in [0.29, 0.717) is 0 Å². The van der Waals surface area contributed by atoms with E-state index in [4.69, 9.17) is 4.43 Å². The smallest absolute Gasteiger partial charge is 0.242 e. The van der Waals surface area contributed by atoms with E-state index in [1.165, 1.54) is 0 Å². The molecule has 1 aromatic rings. The van der Waals surface area contributed by atoms with Crippen molar-refractivity contribution in [2.75, 3.05) is 0 Å². The number of carbonyl (C=O) groups excluding carboxylic acids is 1. The molecule has 15 heavy (non-hydrogen) atoms. The lowest BCUT2D eigenvalue weighted by molar-refractivity contribution is 0.111. The molecule has 0 saturated carbocycles. The largest absolute Gasteiger partial charge is 0.544 e.